The van der Waals surface area contributed by atoms with Gasteiger partial charge in [-0.05, 0) is 23.8 Å². The summed E-state index contributed by atoms with van der Waals surface area (Å²) in [6.07, 6.45) is 1.70. The maximum Gasteiger partial charge on any atom is 0.238 e. The number of rotatable bonds is 6. The number of morpholine rings is 1. The molecule has 3 N–H and O–H groups in total. The summed E-state index contributed by atoms with van der Waals surface area (Å²) in [6.45, 7) is 3.31. The second kappa shape index (κ2) is 8.93. The minimum absolute atomic E-state index is 0.0495. The first-order valence-electron chi connectivity index (χ1n) is 9.67. The van der Waals surface area contributed by atoms with E-state index in [1.54, 1.807) is 41.2 Å². The zero-order chi connectivity index (χ0) is 22.0. The van der Waals surface area contributed by atoms with Crippen molar-refractivity contribution in [2.45, 2.75) is 18.0 Å². The minimum Gasteiger partial charge on any atom is -0.379 e. The van der Waals surface area contributed by atoms with E-state index in [9.17, 15) is 13.2 Å². The lowest BCUT2D eigenvalue weighted by molar-refractivity contribution is -0.115. The Labute approximate surface area is 184 Å². The summed E-state index contributed by atoms with van der Waals surface area (Å²) >= 11 is 6.12. The van der Waals surface area contributed by atoms with Gasteiger partial charge in [-0.3, -0.25) is 14.4 Å². The summed E-state index contributed by atoms with van der Waals surface area (Å²) < 4.78 is 31.4. The van der Waals surface area contributed by atoms with Gasteiger partial charge in [0.05, 0.1) is 36.7 Å². The molecule has 0 bridgehead atoms. The molecule has 2 aromatic carbocycles. The highest BCUT2D eigenvalue weighted by atomic mass is 35.5. The number of carbonyl (C=O) groups is 1. The van der Waals surface area contributed by atoms with Crippen molar-refractivity contribution in [2.24, 2.45) is 5.14 Å². The average Bonchev–Trinajstić information content (AvgIpc) is 3.11. The molecule has 0 aliphatic carbocycles. The summed E-state index contributed by atoms with van der Waals surface area (Å²) in [5.74, 6) is -0.333. The number of carbonyl (C=O) groups excluding carboxylic acids is 1. The van der Waals surface area contributed by atoms with Crippen LogP contribution in [-0.4, -0.2) is 55.3 Å². The van der Waals surface area contributed by atoms with Crippen LogP contribution in [0, 0.1) is 0 Å². The Bertz CT molecular complexity index is 1220. The van der Waals surface area contributed by atoms with Crippen molar-refractivity contribution < 1.29 is 17.9 Å². The van der Waals surface area contributed by atoms with Gasteiger partial charge in [-0.1, -0.05) is 29.8 Å². The normalized spacial score (nSPS) is 15.3. The highest BCUT2D eigenvalue weighted by Crippen LogP contribution is 2.27. The van der Waals surface area contributed by atoms with E-state index in [0.717, 1.165) is 13.1 Å². The Morgan fingerprint density at radius 2 is 1.97 bits per heavy atom. The molecule has 0 radical (unpaired) electrons. The van der Waals surface area contributed by atoms with E-state index in [0.29, 0.717) is 47.1 Å². The maximum atomic E-state index is 12.5. The smallest absolute Gasteiger partial charge is 0.238 e. The van der Waals surface area contributed by atoms with E-state index in [2.05, 4.69) is 15.3 Å². The first kappa shape index (κ1) is 21.7. The van der Waals surface area contributed by atoms with Crippen LogP contribution in [0.1, 0.15) is 5.56 Å². The average molecular weight is 464 g/mol. The third kappa shape index (κ3) is 5.23. The molecule has 11 heteroatoms. The van der Waals surface area contributed by atoms with Crippen LogP contribution in [0.4, 0.5) is 5.69 Å². The van der Waals surface area contributed by atoms with Gasteiger partial charge in [-0.25, -0.2) is 13.6 Å². The van der Waals surface area contributed by atoms with E-state index in [4.69, 9.17) is 21.5 Å². The number of halogens is 1. The predicted octanol–water partition coefficient (Wildman–Crippen LogP) is 1.81. The standard InChI is InChI=1S/C20H22ClN5O4S/c21-17-4-2-1-3-14(17)9-20(27)23-15-10-18-16(19(11-15)31(22,28)29)12-26(24-18)13-25-5-7-30-8-6-25/h1-4,10-12H,5-9,13H2,(H,23,27)(H2,22,28,29). The Kier molecular flexibility index (Phi) is 6.26. The van der Waals surface area contributed by atoms with Crippen molar-refractivity contribution in [2.75, 3.05) is 31.6 Å². The fourth-order valence-electron chi connectivity index (χ4n) is 3.49. The first-order chi connectivity index (χ1) is 14.8. The van der Waals surface area contributed by atoms with Gasteiger partial charge in [0, 0.05) is 35.4 Å². The Morgan fingerprint density at radius 3 is 2.68 bits per heavy atom. The highest BCUT2D eigenvalue weighted by Gasteiger charge is 2.19. The number of fused-ring (bicyclic) bond motifs is 1. The molecule has 1 fully saturated rings. The van der Waals surface area contributed by atoms with Gasteiger partial charge < -0.3 is 10.1 Å². The molecule has 0 spiro atoms. The monoisotopic (exact) mass is 463 g/mol. The van der Waals surface area contributed by atoms with Crippen LogP contribution in [0.25, 0.3) is 10.9 Å². The molecule has 3 aromatic rings. The minimum atomic E-state index is -4.03. The summed E-state index contributed by atoms with van der Waals surface area (Å²) in [5, 5.41) is 13.5. The van der Waals surface area contributed by atoms with Crippen LogP contribution in [0.3, 0.4) is 0 Å². The van der Waals surface area contributed by atoms with Gasteiger partial charge in [-0.2, -0.15) is 5.10 Å². The fraction of sp³-hybridized carbons (Fsp3) is 0.300. The number of benzene rings is 2. The molecule has 1 aliphatic heterocycles. The molecule has 0 atom stereocenters. The molecule has 164 valence electrons. The molecule has 1 aliphatic rings. The Hall–Kier alpha value is -2.50. The molecule has 9 nitrogen and oxygen atoms in total. The predicted molar refractivity (Wildman–Crippen MR) is 117 cm³/mol. The van der Waals surface area contributed by atoms with Crippen LogP contribution in [0.15, 0.2) is 47.5 Å². The number of hydrogen-bond donors (Lipinski definition) is 2. The van der Waals surface area contributed by atoms with Crippen molar-refractivity contribution >= 4 is 44.1 Å². The molecule has 0 saturated carbocycles. The third-order valence-electron chi connectivity index (χ3n) is 4.98. The van der Waals surface area contributed by atoms with Gasteiger partial charge in [0.1, 0.15) is 0 Å². The SMILES string of the molecule is NS(=O)(=O)c1cc(NC(=O)Cc2ccccc2Cl)cc2nn(CN3CCOCC3)cc12. The summed E-state index contributed by atoms with van der Waals surface area (Å²) in [6, 6.07) is 10.0. The van der Waals surface area contributed by atoms with Crippen LogP contribution in [0.2, 0.25) is 5.02 Å². The van der Waals surface area contributed by atoms with Crippen molar-refractivity contribution in [1.29, 1.82) is 0 Å². The summed E-state index contributed by atoms with van der Waals surface area (Å²) in [4.78, 5) is 14.6. The van der Waals surface area contributed by atoms with Crippen LogP contribution >= 0.6 is 11.6 Å². The van der Waals surface area contributed by atoms with Crippen molar-refractivity contribution in [1.82, 2.24) is 14.7 Å². The summed E-state index contributed by atoms with van der Waals surface area (Å²) in [7, 11) is -4.03. The maximum absolute atomic E-state index is 12.5. The first-order valence-corrected chi connectivity index (χ1v) is 11.6. The number of sulfonamides is 1. The van der Waals surface area contributed by atoms with Crippen LogP contribution < -0.4 is 10.5 Å². The van der Waals surface area contributed by atoms with E-state index in [1.165, 1.54) is 6.07 Å². The number of nitrogens with one attached hydrogen (secondary N) is 1. The number of nitrogens with two attached hydrogens (primary N) is 1. The van der Waals surface area contributed by atoms with E-state index in [-0.39, 0.29) is 17.2 Å². The van der Waals surface area contributed by atoms with Gasteiger partial charge in [-0.15, -0.1) is 0 Å². The number of anilines is 1. The lowest BCUT2D eigenvalue weighted by atomic mass is 10.1. The molecule has 4 rings (SSSR count). The number of ether oxygens (including phenoxy) is 1. The largest absolute Gasteiger partial charge is 0.379 e. The van der Waals surface area contributed by atoms with E-state index >= 15 is 0 Å². The highest BCUT2D eigenvalue weighted by molar-refractivity contribution is 7.89. The van der Waals surface area contributed by atoms with E-state index in [1.807, 2.05) is 0 Å². The van der Waals surface area contributed by atoms with Gasteiger partial charge in [0.2, 0.25) is 15.9 Å². The second-order valence-corrected chi connectivity index (χ2v) is 9.25. The Morgan fingerprint density at radius 1 is 1.23 bits per heavy atom. The quantitative estimate of drug-likeness (QED) is 0.575. The zero-order valence-corrected chi connectivity index (χ0v) is 18.2. The molecule has 1 saturated heterocycles. The topological polar surface area (TPSA) is 120 Å². The third-order valence-corrected chi connectivity index (χ3v) is 6.30. The van der Waals surface area contributed by atoms with Crippen LogP contribution in [0.5, 0.6) is 0 Å². The molecule has 31 heavy (non-hydrogen) atoms. The molecule has 1 amide bonds. The molecular formula is C20H22ClN5O4S. The Balaban J connectivity index is 1.61. The molecular weight excluding hydrogens is 442 g/mol. The van der Waals surface area contributed by atoms with Crippen molar-refractivity contribution in [3.8, 4) is 0 Å². The number of primary sulfonamides is 1. The lowest BCUT2D eigenvalue weighted by Crippen LogP contribution is -2.37. The van der Waals surface area contributed by atoms with Crippen molar-refractivity contribution in [3.63, 3.8) is 0 Å². The molecule has 1 aromatic heterocycles. The second-order valence-electron chi connectivity index (χ2n) is 7.31. The number of aromatic nitrogens is 2. The number of nitrogens with zero attached hydrogens (tertiary/aromatic N) is 3. The van der Waals surface area contributed by atoms with Gasteiger partial charge in [0.25, 0.3) is 0 Å². The van der Waals surface area contributed by atoms with Gasteiger partial charge >= 0.3 is 0 Å². The molecule has 0 unspecified atom stereocenters. The van der Waals surface area contributed by atoms with E-state index < -0.39 is 10.0 Å². The zero-order valence-electron chi connectivity index (χ0n) is 16.6. The number of amides is 1. The number of hydrogen-bond acceptors (Lipinski definition) is 6. The van der Waals surface area contributed by atoms with Gasteiger partial charge in [0.15, 0.2) is 0 Å². The van der Waals surface area contributed by atoms with Crippen molar-refractivity contribution in [3.05, 3.63) is 53.2 Å². The summed E-state index contributed by atoms with van der Waals surface area (Å²) in [5.41, 5.74) is 1.39. The lowest BCUT2D eigenvalue weighted by Gasteiger charge is -2.26. The van der Waals surface area contributed by atoms with Crippen LogP contribution in [-0.2, 0) is 32.6 Å². The fourth-order valence-corrected chi connectivity index (χ4v) is 4.45. The molecule has 2 heterocycles.